The molecule has 0 radical (unpaired) electrons. The summed E-state index contributed by atoms with van der Waals surface area (Å²) in [7, 11) is 0. The van der Waals surface area contributed by atoms with Gasteiger partial charge in [0, 0.05) is 17.4 Å². The second-order valence-electron chi connectivity index (χ2n) is 3.97. The number of hydrogen-bond donors (Lipinski definition) is 1. The Morgan fingerprint density at radius 1 is 1.21 bits per heavy atom. The molecule has 0 aliphatic carbocycles. The van der Waals surface area contributed by atoms with Crippen molar-refractivity contribution < 1.29 is 4.79 Å². The Labute approximate surface area is 121 Å². The molecule has 0 saturated heterocycles. The number of alkyl halides is 1. The van der Waals surface area contributed by atoms with Crippen molar-refractivity contribution >= 4 is 29.1 Å². The van der Waals surface area contributed by atoms with Crippen molar-refractivity contribution in [2.75, 3.05) is 5.88 Å². The Morgan fingerprint density at radius 2 is 1.95 bits per heavy atom. The molecule has 1 aromatic carbocycles. The maximum Gasteiger partial charge on any atom is 0.235 e. The molecule has 0 spiro atoms. The van der Waals surface area contributed by atoms with Gasteiger partial charge >= 0.3 is 0 Å². The van der Waals surface area contributed by atoms with E-state index < -0.39 is 0 Å². The first-order valence-corrected chi connectivity index (χ1v) is 6.62. The number of carbonyl (C=O) groups excluding carboxylic acids is 1. The van der Waals surface area contributed by atoms with E-state index in [0.29, 0.717) is 5.02 Å². The number of nitrogens with zero attached hydrogens (tertiary/aromatic N) is 1. The minimum atomic E-state index is -0.280. The van der Waals surface area contributed by atoms with E-state index in [2.05, 4.69) is 10.3 Å². The smallest absolute Gasteiger partial charge is 0.235 e. The Morgan fingerprint density at radius 3 is 2.53 bits per heavy atom. The summed E-state index contributed by atoms with van der Waals surface area (Å²) < 4.78 is 0. The van der Waals surface area contributed by atoms with Gasteiger partial charge in [-0.25, -0.2) is 0 Å². The summed E-state index contributed by atoms with van der Waals surface area (Å²) in [6, 6.07) is 10.8. The number of halogens is 2. The van der Waals surface area contributed by atoms with Crippen LogP contribution in [0, 0.1) is 0 Å². The first-order chi connectivity index (χ1) is 9.20. The molecule has 1 unspecified atom stereocenters. The van der Waals surface area contributed by atoms with Crippen LogP contribution < -0.4 is 5.32 Å². The van der Waals surface area contributed by atoms with E-state index in [4.69, 9.17) is 23.2 Å². The molecular formula is C14H12Cl2N2O. The number of carbonyl (C=O) groups is 1. The number of nitrogens with one attached hydrogen (secondary N) is 1. The first-order valence-electron chi connectivity index (χ1n) is 5.71. The van der Waals surface area contributed by atoms with E-state index >= 15 is 0 Å². The molecule has 0 aliphatic heterocycles. The van der Waals surface area contributed by atoms with Crippen molar-refractivity contribution in [3.8, 4) is 0 Å². The third-order valence-electron chi connectivity index (χ3n) is 2.65. The summed E-state index contributed by atoms with van der Waals surface area (Å²) in [5, 5.41) is 3.52. The van der Waals surface area contributed by atoms with Crippen LogP contribution in [0.1, 0.15) is 17.2 Å². The molecule has 2 aromatic rings. The Bertz CT molecular complexity index is 543. The van der Waals surface area contributed by atoms with Gasteiger partial charge in [-0.1, -0.05) is 29.8 Å². The SMILES string of the molecule is O=C(CCl)NC(c1ccc(Cl)cc1)c1cccnc1. The fourth-order valence-corrected chi connectivity index (χ4v) is 1.96. The van der Waals surface area contributed by atoms with Gasteiger partial charge in [-0.3, -0.25) is 9.78 Å². The molecule has 1 amide bonds. The van der Waals surface area contributed by atoms with Gasteiger partial charge in [-0.15, -0.1) is 11.6 Å². The quantitative estimate of drug-likeness (QED) is 0.880. The molecule has 0 saturated carbocycles. The molecule has 0 aliphatic rings. The van der Waals surface area contributed by atoms with Crippen LogP contribution in [-0.4, -0.2) is 16.8 Å². The number of hydrogen-bond acceptors (Lipinski definition) is 2. The predicted molar refractivity (Wildman–Crippen MR) is 76.4 cm³/mol. The van der Waals surface area contributed by atoms with Gasteiger partial charge in [0.25, 0.3) is 0 Å². The number of pyridine rings is 1. The Balaban J connectivity index is 2.34. The van der Waals surface area contributed by atoms with Crippen molar-refractivity contribution in [1.82, 2.24) is 10.3 Å². The molecule has 1 heterocycles. The van der Waals surface area contributed by atoms with Gasteiger partial charge in [-0.05, 0) is 29.3 Å². The molecule has 3 nitrogen and oxygen atoms in total. The molecule has 0 fully saturated rings. The normalized spacial score (nSPS) is 11.9. The van der Waals surface area contributed by atoms with Crippen LogP contribution >= 0.6 is 23.2 Å². The number of aromatic nitrogens is 1. The standard InChI is InChI=1S/C14H12Cl2N2O/c15-8-13(19)18-14(11-2-1-7-17-9-11)10-3-5-12(16)6-4-10/h1-7,9,14H,8H2,(H,18,19). The van der Waals surface area contributed by atoms with E-state index in [1.807, 2.05) is 24.3 Å². The molecule has 5 heteroatoms. The summed E-state index contributed by atoms with van der Waals surface area (Å²) in [4.78, 5) is 15.6. The third-order valence-corrected chi connectivity index (χ3v) is 3.14. The summed E-state index contributed by atoms with van der Waals surface area (Å²) >= 11 is 11.4. The zero-order valence-corrected chi connectivity index (χ0v) is 11.5. The molecule has 2 rings (SSSR count). The Hall–Kier alpha value is -1.58. The summed E-state index contributed by atoms with van der Waals surface area (Å²) in [6.45, 7) is 0. The minimum absolute atomic E-state index is 0.0790. The number of amides is 1. The topological polar surface area (TPSA) is 42.0 Å². The maximum absolute atomic E-state index is 11.5. The summed E-state index contributed by atoms with van der Waals surface area (Å²) in [6.07, 6.45) is 3.40. The van der Waals surface area contributed by atoms with Crippen molar-refractivity contribution in [2.45, 2.75) is 6.04 Å². The van der Waals surface area contributed by atoms with Gasteiger partial charge in [0.15, 0.2) is 0 Å². The Kier molecular flexibility index (Phi) is 4.77. The minimum Gasteiger partial charge on any atom is -0.344 e. The lowest BCUT2D eigenvalue weighted by Crippen LogP contribution is -2.30. The van der Waals surface area contributed by atoms with E-state index in [0.717, 1.165) is 11.1 Å². The monoisotopic (exact) mass is 294 g/mol. The van der Waals surface area contributed by atoms with Gasteiger partial charge in [0.2, 0.25) is 5.91 Å². The third kappa shape index (κ3) is 3.69. The highest BCUT2D eigenvalue weighted by Crippen LogP contribution is 2.22. The van der Waals surface area contributed by atoms with E-state index in [-0.39, 0.29) is 17.8 Å². The van der Waals surface area contributed by atoms with Crippen LogP contribution in [0.15, 0.2) is 48.8 Å². The maximum atomic E-state index is 11.5. The molecule has 19 heavy (non-hydrogen) atoms. The fourth-order valence-electron chi connectivity index (χ4n) is 1.76. The van der Waals surface area contributed by atoms with Gasteiger partial charge < -0.3 is 5.32 Å². The van der Waals surface area contributed by atoms with Gasteiger partial charge in [0.1, 0.15) is 5.88 Å². The van der Waals surface area contributed by atoms with Crippen molar-refractivity contribution in [3.05, 3.63) is 64.9 Å². The second kappa shape index (κ2) is 6.55. The lowest BCUT2D eigenvalue weighted by atomic mass is 10.0. The van der Waals surface area contributed by atoms with Crippen molar-refractivity contribution in [3.63, 3.8) is 0 Å². The van der Waals surface area contributed by atoms with E-state index in [1.165, 1.54) is 0 Å². The highest BCUT2D eigenvalue weighted by molar-refractivity contribution is 6.30. The van der Waals surface area contributed by atoms with Crippen molar-refractivity contribution in [2.24, 2.45) is 0 Å². The zero-order valence-electron chi connectivity index (χ0n) is 10.0. The van der Waals surface area contributed by atoms with Crippen LogP contribution in [0.5, 0.6) is 0 Å². The highest BCUT2D eigenvalue weighted by Gasteiger charge is 2.16. The van der Waals surface area contributed by atoms with Crippen molar-refractivity contribution in [1.29, 1.82) is 0 Å². The predicted octanol–water partition coefficient (Wildman–Crippen LogP) is 3.18. The average molecular weight is 295 g/mol. The van der Waals surface area contributed by atoms with Crippen LogP contribution in [0.2, 0.25) is 5.02 Å². The lowest BCUT2D eigenvalue weighted by Gasteiger charge is -2.19. The largest absolute Gasteiger partial charge is 0.344 e. The molecule has 1 atom stereocenters. The van der Waals surface area contributed by atoms with E-state index in [1.54, 1.807) is 24.5 Å². The molecule has 98 valence electrons. The molecule has 1 N–H and O–H groups in total. The zero-order chi connectivity index (χ0) is 13.7. The van der Waals surface area contributed by atoms with Crippen LogP contribution in [-0.2, 0) is 4.79 Å². The van der Waals surface area contributed by atoms with E-state index in [9.17, 15) is 4.79 Å². The van der Waals surface area contributed by atoms with Crippen LogP contribution in [0.3, 0.4) is 0 Å². The van der Waals surface area contributed by atoms with Gasteiger partial charge in [0.05, 0.1) is 6.04 Å². The fraction of sp³-hybridized carbons (Fsp3) is 0.143. The van der Waals surface area contributed by atoms with Crippen LogP contribution in [0.4, 0.5) is 0 Å². The second-order valence-corrected chi connectivity index (χ2v) is 4.68. The molecule has 1 aromatic heterocycles. The number of benzene rings is 1. The van der Waals surface area contributed by atoms with Crippen LogP contribution in [0.25, 0.3) is 0 Å². The van der Waals surface area contributed by atoms with Gasteiger partial charge in [-0.2, -0.15) is 0 Å². The highest BCUT2D eigenvalue weighted by atomic mass is 35.5. The molecule has 0 bridgehead atoms. The first kappa shape index (κ1) is 13.8. The molecular weight excluding hydrogens is 283 g/mol. The lowest BCUT2D eigenvalue weighted by molar-refractivity contribution is -0.119. The number of rotatable bonds is 4. The summed E-state index contributed by atoms with van der Waals surface area (Å²) in [5.41, 5.74) is 1.82. The summed E-state index contributed by atoms with van der Waals surface area (Å²) in [5.74, 6) is -0.310. The average Bonchev–Trinajstić information content (AvgIpc) is 2.46.